The van der Waals surface area contributed by atoms with E-state index in [4.69, 9.17) is 5.11 Å². The maximum absolute atomic E-state index is 13.1. The van der Waals surface area contributed by atoms with Gasteiger partial charge < -0.3 is 15.5 Å². The molecule has 1 aromatic rings. The molecule has 0 aliphatic heterocycles. The van der Waals surface area contributed by atoms with Crippen LogP contribution in [0.4, 0.5) is 4.39 Å². The summed E-state index contributed by atoms with van der Waals surface area (Å²) in [6.45, 7) is 1.73. The van der Waals surface area contributed by atoms with E-state index in [0.29, 0.717) is 18.5 Å². The van der Waals surface area contributed by atoms with Gasteiger partial charge in [-0.1, -0.05) is 12.1 Å². The second-order valence-electron chi connectivity index (χ2n) is 5.46. The van der Waals surface area contributed by atoms with Crippen molar-refractivity contribution in [2.24, 2.45) is 0 Å². The highest BCUT2D eigenvalue weighted by atomic mass is 19.1. The molecule has 1 unspecified atom stereocenters. The largest absolute Gasteiger partial charge is 0.393 e. The highest BCUT2D eigenvalue weighted by molar-refractivity contribution is 5.23. The fraction of sp³-hybridized carbons (Fsp3) is 0.571. The Hall–Kier alpha value is -0.970. The van der Waals surface area contributed by atoms with Crippen LogP contribution < -0.4 is 5.32 Å². The molecule has 1 saturated carbocycles. The lowest BCUT2D eigenvalue weighted by molar-refractivity contribution is -0.00185. The maximum atomic E-state index is 13.1. The van der Waals surface area contributed by atoms with Crippen LogP contribution in [0.5, 0.6) is 0 Å². The normalized spacial score (nSPS) is 26.4. The van der Waals surface area contributed by atoms with Crippen LogP contribution >= 0.6 is 0 Å². The van der Waals surface area contributed by atoms with E-state index in [1.54, 1.807) is 19.1 Å². The van der Waals surface area contributed by atoms with Gasteiger partial charge in [0.25, 0.3) is 0 Å². The van der Waals surface area contributed by atoms with Crippen molar-refractivity contribution in [2.75, 3.05) is 13.2 Å². The van der Waals surface area contributed by atoms with Gasteiger partial charge in [-0.15, -0.1) is 0 Å². The highest BCUT2D eigenvalue weighted by Gasteiger charge is 2.31. The number of hydrogen-bond acceptors (Lipinski definition) is 3. The van der Waals surface area contributed by atoms with E-state index >= 15 is 0 Å². The second kappa shape index (κ2) is 5.34. The van der Waals surface area contributed by atoms with E-state index in [2.05, 4.69) is 5.32 Å². The summed E-state index contributed by atoms with van der Waals surface area (Å²) in [7, 11) is 0. The summed E-state index contributed by atoms with van der Waals surface area (Å²) in [6.07, 6.45) is 1.90. The standard InChI is InChI=1S/C14H20FNO2/c1-14(18,9-17)8-16-13-6-11(7-13)10-3-2-4-12(15)5-10/h2-5,11,13,16-18H,6-9H2,1H3. The highest BCUT2D eigenvalue weighted by Crippen LogP contribution is 2.37. The van der Waals surface area contributed by atoms with Crippen molar-refractivity contribution in [2.45, 2.75) is 37.3 Å². The minimum absolute atomic E-state index is 0.188. The summed E-state index contributed by atoms with van der Waals surface area (Å²) in [5, 5.41) is 21.8. The first-order valence-electron chi connectivity index (χ1n) is 6.32. The molecule has 0 bridgehead atoms. The molecule has 0 spiro atoms. The Morgan fingerprint density at radius 2 is 2.17 bits per heavy atom. The summed E-state index contributed by atoms with van der Waals surface area (Å²) in [5.41, 5.74) is -0.0220. The molecule has 1 fully saturated rings. The van der Waals surface area contributed by atoms with E-state index < -0.39 is 5.60 Å². The van der Waals surface area contributed by atoms with E-state index in [1.807, 2.05) is 6.07 Å². The Bertz CT molecular complexity index is 403. The lowest BCUT2D eigenvalue weighted by Gasteiger charge is -2.38. The van der Waals surface area contributed by atoms with Gasteiger partial charge in [0.15, 0.2) is 0 Å². The molecule has 2 rings (SSSR count). The van der Waals surface area contributed by atoms with Gasteiger partial charge >= 0.3 is 0 Å². The molecule has 100 valence electrons. The SMILES string of the molecule is CC(O)(CO)CNC1CC(c2cccc(F)c2)C1. The monoisotopic (exact) mass is 253 g/mol. The summed E-state index contributed by atoms with van der Waals surface area (Å²) >= 11 is 0. The molecule has 1 aliphatic rings. The first-order chi connectivity index (χ1) is 8.50. The number of halogens is 1. The number of nitrogens with one attached hydrogen (secondary N) is 1. The quantitative estimate of drug-likeness (QED) is 0.743. The third-order valence-electron chi connectivity index (χ3n) is 3.57. The molecule has 1 aliphatic carbocycles. The van der Waals surface area contributed by atoms with Gasteiger partial charge in [0, 0.05) is 12.6 Å². The first-order valence-corrected chi connectivity index (χ1v) is 6.32. The van der Waals surface area contributed by atoms with Crippen molar-refractivity contribution >= 4 is 0 Å². The fourth-order valence-electron chi connectivity index (χ4n) is 2.24. The molecule has 1 atom stereocenters. The third kappa shape index (κ3) is 3.28. The van der Waals surface area contributed by atoms with Crippen molar-refractivity contribution in [1.29, 1.82) is 0 Å². The molecule has 0 heterocycles. The van der Waals surface area contributed by atoms with Gasteiger partial charge in [0.1, 0.15) is 5.82 Å². The van der Waals surface area contributed by atoms with Crippen LogP contribution in [0.2, 0.25) is 0 Å². The van der Waals surface area contributed by atoms with Crippen LogP contribution in [0.1, 0.15) is 31.2 Å². The average molecular weight is 253 g/mol. The maximum Gasteiger partial charge on any atom is 0.123 e. The van der Waals surface area contributed by atoms with Crippen LogP contribution in [0.25, 0.3) is 0 Å². The first kappa shape index (κ1) is 13.5. The Kier molecular flexibility index (Phi) is 4.00. The van der Waals surface area contributed by atoms with Crippen LogP contribution in [0, 0.1) is 5.82 Å². The summed E-state index contributed by atoms with van der Waals surface area (Å²) < 4.78 is 13.1. The molecular weight excluding hydrogens is 233 g/mol. The molecule has 1 aromatic carbocycles. The molecular formula is C14H20FNO2. The Labute approximate surface area is 107 Å². The Morgan fingerprint density at radius 3 is 2.78 bits per heavy atom. The van der Waals surface area contributed by atoms with E-state index in [0.717, 1.165) is 18.4 Å². The Balaban J connectivity index is 1.77. The average Bonchev–Trinajstić information content (AvgIpc) is 2.27. The van der Waals surface area contributed by atoms with E-state index in [9.17, 15) is 9.50 Å². The molecule has 3 nitrogen and oxygen atoms in total. The van der Waals surface area contributed by atoms with Crippen molar-refractivity contribution in [3.05, 3.63) is 35.6 Å². The van der Waals surface area contributed by atoms with E-state index in [-0.39, 0.29) is 12.4 Å². The smallest absolute Gasteiger partial charge is 0.123 e. The summed E-state index contributed by atoms with van der Waals surface area (Å²) in [5.74, 6) is 0.212. The molecule has 0 radical (unpaired) electrons. The number of benzene rings is 1. The van der Waals surface area contributed by atoms with Crippen molar-refractivity contribution < 1.29 is 14.6 Å². The predicted octanol–water partition coefficient (Wildman–Crippen LogP) is 1.40. The van der Waals surface area contributed by atoms with Gasteiger partial charge in [0.2, 0.25) is 0 Å². The number of aliphatic hydroxyl groups excluding tert-OH is 1. The fourth-order valence-corrected chi connectivity index (χ4v) is 2.24. The zero-order valence-electron chi connectivity index (χ0n) is 10.6. The third-order valence-corrected chi connectivity index (χ3v) is 3.57. The molecule has 0 aromatic heterocycles. The van der Waals surface area contributed by atoms with Gasteiger partial charge in [-0.05, 0) is 43.4 Å². The van der Waals surface area contributed by atoms with Crippen molar-refractivity contribution in [1.82, 2.24) is 5.32 Å². The molecule has 3 N–H and O–H groups in total. The van der Waals surface area contributed by atoms with E-state index in [1.165, 1.54) is 6.07 Å². The molecule has 18 heavy (non-hydrogen) atoms. The van der Waals surface area contributed by atoms with Gasteiger partial charge in [-0.25, -0.2) is 4.39 Å². The van der Waals surface area contributed by atoms with Crippen LogP contribution in [0.3, 0.4) is 0 Å². The van der Waals surface area contributed by atoms with Crippen molar-refractivity contribution in [3.63, 3.8) is 0 Å². The summed E-state index contributed by atoms with van der Waals surface area (Å²) in [4.78, 5) is 0. The molecule has 4 heteroatoms. The van der Waals surface area contributed by atoms with Crippen molar-refractivity contribution in [3.8, 4) is 0 Å². The molecule has 0 amide bonds. The van der Waals surface area contributed by atoms with Crippen LogP contribution in [-0.2, 0) is 0 Å². The van der Waals surface area contributed by atoms with Crippen LogP contribution in [0.15, 0.2) is 24.3 Å². The topological polar surface area (TPSA) is 52.5 Å². The van der Waals surface area contributed by atoms with Gasteiger partial charge in [-0.3, -0.25) is 0 Å². The Morgan fingerprint density at radius 1 is 1.44 bits per heavy atom. The zero-order valence-corrected chi connectivity index (χ0v) is 10.6. The molecule has 0 saturated heterocycles. The van der Waals surface area contributed by atoms with Gasteiger partial charge in [-0.2, -0.15) is 0 Å². The predicted molar refractivity (Wildman–Crippen MR) is 67.9 cm³/mol. The minimum Gasteiger partial charge on any atom is -0.393 e. The summed E-state index contributed by atoms with van der Waals surface area (Å²) in [6, 6.07) is 7.08. The number of hydrogen-bond donors (Lipinski definition) is 3. The second-order valence-corrected chi connectivity index (χ2v) is 5.46. The zero-order chi connectivity index (χ0) is 13.2. The van der Waals surface area contributed by atoms with Gasteiger partial charge in [0.05, 0.1) is 12.2 Å². The minimum atomic E-state index is -1.07. The van der Waals surface area contributed by atoms with Crippen LogP contribution in [-0.4, -0.2) is 35.0 Å². The lowest BCUT2D eigenvalue weighted by Crippen LogP contribution is -2.48. The lowest BCUT2D eigenvalue weighted by atomic mass is 9.75. The number of rotatable bonds is 5. The number of aliphatic hydroxyl groups is 2.